The van der Waals surface area contributed by atoms with E-state index in [9.17, 15) is 14.9 Å². The number of hydrogen-bond acceptors (Lipinski definition) is 6. The van der Waals surface area contributed by atoms with E-state index in [1.807, 2.05) is 35.2 Å². The number of carboxylic acids is 1. The molecule has 0 aliphatic heterocycles. The SMILES string of the molecule is COc1cc(CN(CCC(=O)O)Cc2ccccc2)c([N+](=O)[O-])cc1OC. The van der Waals surface area contributed by atoms with Gasteiger partial charge in [0, 0.05) is 25.2 Å². The maximum atomic E-state index is 11.5. The van der Waals surface area contributed by atoms with Crippen molar-refractivity contribution in [3.05, 3.63) is 63.7 Å². The molecule has 0 radical (unpaired) electrons. The van der Waals surface area contributed by atoms with Crippen molar-refractivity contribution in [2.24, 2.45) is 0 Å². The highest BCUT2D eigenvalue weighted by atomic mass is 16.6. The fourth-order valence-electron chi connectivity index (χ4n) is 2.76. The molecule has 8 nitrogen and oxygen atoms in total. The molecule has 0 aliphatic rings. The summed E-state index contributed by atoms with van der Waals surface area (Å²) >= 11 is 0. The largest absolute Gasteiger partial charge is 0.493 e. The molecular weight excluding hydrogens is 352 g/mol. The van der Waals surface area contributed by atoms with Gasteiger partial charge < -0.3 is 14.6 Å². The summed E-state index contributed by atoms with van der Waals surface area (Å²) in [6.07, 6.45) is -0.0616. The smallest absolute Gasteiger partial charge is 0.304 e. The van der Waals surface area contributed by atoms with Crippen molar-refractivity contribution in [3.8, 4) is 11.5 Å². The van der Waals surface area contributed by atoms with E-state index in [0.717, 1.165) is 5.56 Å². The zero-order chi connectivity index (χ0) is 19.8. The van der Waals surface area contributed by atoms with Crippen LogP contribution in [-0.4, -0.2) is 41.7 Å². The van der Waals surface area contributed by atoms with Crippen LogP contribution in [0.4, 0.5) is 5.69 Å². The standard InChI is InChI=1S/C19H22N2O6/c1-26-17-10-15(16(21(24)25)11-18(17)27-2)13-20(9-8-19(22)23)12-14-6-4-3-5-7-14/h3-7,10-11H,8-9,12-13H2,1-2H3,(H,22,23). The van der Waals surface area contributed by atoms with Crippen molar-refractivity contribution in [2.45, 2.75) is 19.5 Å². The molecule has 0 saturated carbocycles. The molecule has 0 atom stereocenters. The van der Waals surface area contributed by atoms with Gasteiger partial charge in [0.25, 0.3) is 5.69 Å². The number of nitrogens with zero attached hydrogens (tertiary/aromatic N) is 2. The molecule has 8 heteroatoms. The molecule has 2 aromatic rings. The first-order chi connectivity index (χ1) is 12.9. The van der Waals surface area contributed by atoms with Crippen LogP contribution < -0.4 is 9.47 Å². The molecule has 1 N–H and O–H groups in total. The summed E-state index contributed by atoms with van der Waals surface area (Å²) in [5.74, 6) is -0.265. The van der Waals surface area contributed by atoms with Gasteiger partial charge in [-0.05, 0) is 11.6 Å². The number of aliphatic carboxylic acids is 1. The molecule has 0 aliphatic carbocycles. The van der Waals surface area contributed by atoms with E-state index in [4.69, 9.17) is 14.6 Å². The molecule has 0 spiro atoms. The number of carboxylic acid groups (broad SMARTS) is 1. The molecule has 0 aromatic heterocycles. The summed E-state index contributed by atoms with van der Waals surface area (Å²) < 4.78 is 10.4. The van der Waals surface area contributed by atoms with Crippen LogP contribution in [0.25, 0.3) is 0 Å². The van der Waals surface area contributed by atoms with Gasteiger partial charge in [0.15, 0.2) is 11.5 Å². The summed E-state index contributed by atoms with van der Waals surface area (Å²) in [5, 5.41) is 20.5. The molecule has 0 bridgehead atoms. The number of methoxy groups -OCH3 is 2. The second-order valence-corrected chi connectivity index (χ2v) is 5.93. The van der Waals surface area contributed by atoms with Gasteiger partial charge in [0.2, 0.25) is 0 Å². The van der Waals surface area contributed by atoms with Crippen LogP contribution in [0.1, 0.15) is 17.5 Å². The Morgan fingerprint density at radius 2 is 1.74 bits per heavy atom. The maximum absolute atomic E-state index is 11.5. The van der Waals surface area contributed by atoms with Gasteiger partial charge in [-0.3, -0.25) is 19.8 Å². The predicted octanol–water partition coefficient (Wildman–Crippen LogP) is 3.09. The first-order valence-electron chi connectivity index (χ1n) is 8.32. The summed E-state index contributed by atoms with van der Waals surface area (Å²) in [6, 6.07) is 12.4. The Bertz CT molecular complexity index is 794. The van der Waals surface area contributed by atoms with E-state index >= 15 is 0 Å². The minimum atomic E-state index is -0.921. The van der Waals surface area contributed by atoms with E-state index in [1.54, 1.807) is 6.07 Å². The van der Waals surface area contributed by atoms with Gasteiger partial charge in [-0.1, -0.05) is 30.3 Å². The fourth-order valence-corrected chi connectivity index (χ4v) is 2.76. The third-order valence-electron chi connectivity index (χ3n) is 4.07. The molecule has 2 aromatic carbocycles. The Hall–Kier alpha value is -3.13. The number of nitro benzene ring substituents is 1. The van der Waals surface area contributed by atoms with Crippen molar-refractivity contribution in [2.75, 3.05) is 20.8 Å². The number of hydrogen-bond donors (Lipinski definition) is 1. The first kappa shape index (κ1) is 20.2. The predicted molar refractivity (Wildman–Crippen MR) is 99.0 cm³/mol. The van der Waals surface area contributed by atoms with Gasteiger partial charge in [0.05, 0.1) is 31.6 Å². The Morgan fingerprint density at radius 3 is 2.30 bits per heavy atom. The highest BCUT2D eigenvalue weighted by Gasteiger charge is 2.22. The van der Waals surface area contributed by atoms with Crippen molar-refractivity contribution in [1.29, 1.82) is 0 Å². The summed E-state index contributed by atoms with van der Waals surface area (Å²) in [7, 11) is 2.87. The van der Waals surface area contributed by atoms with Crippen LogP contribution in [0.5, 0.6) is 11.5 Å². The first-order valence-corrected chi connectivity index (χ1v) is 8.32. The second kappa shape index (κ2) is 9.54. The van der Waals surface area contributed by atoms with Gasteiger partial charge in [-0.15, -0.1) is 0 Å². The van der Waals surface area contributed by atoms with E-state index in [1.165, 1.54) is 20.3 Å². The minimum absolute atomic E-state index is 0.0616. The molecule has 0 saturated heterocycles. The highest BCUT2D eigenvalue weighted by Crippen LogP contribution is 2.35. The third kappa shape index (κ3) is 5.68. The normalized spacial score (nSPS) is 10.6. The number of nitro groups is 1. The molecule has 0 heterocycles. The maximum Gasteiger partial charge on any atom is 0.304 e. The van der Waals surface area contributed by atoms with E-state index < -0.39 is 10.9 Å². The van der Waals surface area contributed by atoms with Crippen molar-refractivity contribution in [3.63, 3.8) is 0 Å². The average Bonchev–Trinajstić information content (AvgIpc) is 2.66. The number of carbonyl (C=O) groups is 1. The average molecular weight is 374 g/mol. The van der Waals surface area contributed by atoms with Crippen LogP contribution in [-0.2, 0) is 17.9 Å². The lowest BCUT2D eigenvalue weighted by molar-refractivity contribution is -0.385. The Kier molecular flexibility index (Phi) is 7.13. The van der Waals surface area contributed by atoms with Crippen molar-refractivity contribution in [1.82, 2.24) is 4.90 Å². The van der Waals surface area contributed by atoms with Crippen LogP contribution >= 0.6 is 0 Å². The van der Waals surface area contributed by atoms with Gasteiger partial charge in [0.1, 0.15) is 0 Å². The molecule has 2 rings (SSSR count). The lowest BCUT2D eigenvalue weighted by Gasteiger charge is -2.22. The van der Waals surface area contributed by atoms with Crippen molar-refractivity contribution >= 4 is 11.7 Å². The van der Waals surface area contributed by atoms with E-state index in [2.05, 4.69) is 0 Å². The quantitative estimate of drug-likeness (QED) is 0.503. The van der Waals surface area contributed by atoms with E-state index in [-0.39, 0.29) is 30.9 Å². The molecule has 27 heavy (non-hydrogen) atoms. The number of ether oxygens (including phenoxy) is 2. The second-order valence-electron chi connectivity index (χ2n) is 5.93. The molecular formula is C19H22N2O6. The van der Waals surface area contributed by atoms with Crippen LogP contribution in [0.2, 0.25) is 0 Å². The van der Waals surface area contributed by atoms with Crippen LogP contribution in [0.15, 0.2) is 42.5 Å². The summed E-state index contributed by atoms with van der Waals surface area (Å²) in [6.45, 7) is 0.939. The fraction of sp³-hybridized carbons (Fsp3) is 0.316. The molecule has 0 unspecified atom stereocenters. The third-order valence-corrected chi connectivity index (χ3v) is 4.07. The Labute approximate surface area is 157 Å². The van der Waals surface area contributed by atoms with Gasteiger partial charge in [-0.25, -0.2) is 0 Å². The van der Waals surface area contributed by atoms with Gasteiger partial charge in [-0.2, -0.15) is 0 Å². The molecule has 144 valence electrons. The molecule has 0 fully saturated rings. The van der Waals surface area contributed by atoms with E-state index in [0.29, 0.717) is 17.9 Å². The summed E-state index contributed by atoms with van der Waals surface area (Å²) in [5.41, 5.74) is 1.33. The van der Waals surface area contributed by atoms with Gasteiger partial charge >= 0.3 is 5.97 Å². The lowest BCUT2D eigenvalue weighted by Crippen LogP contribution is -2.26. The lowest BCUT2D eigenvalue weighted by atomic mass is 10.1. The topological polar surface area (TPSA) is 102 Å². The minimum Gasteiger partial charge on any atom is -0.493 e. The zero-order valence-corrected chi connectivity index (χ0v) is 15.3. The van der Waals surface area contributed by atoms with Crippen molar-refractivity contribution < 1.29 is 24.3 Å². The Balaban J connectivity index is 2.33. The number of rotatable bonds is 10. The zero-order valence-electron chi connectivity index (χ0n) is 15.3. The summed E-state index contributed by atoms with van der Waals surface area (Å²) in [4.78, 5) is 23.9. The molecule has 0 amide bonds. The highest BCUT2D eigenvalue weighted by molar-refractivity contribution is 5.66. The van der Waals surface area contributed by atoms with Crippen LogP contribution in [0.3, 0.4) is 0 Å². The monoisotopic (exact) mass is 374 g/mol. The Morgan fingerprint density at radius 1 is 1.11 bits per heavy atom. The number of benzene rings is 2. The van der Waals surface area contributed by atoms with Crippen LogP contribution in [0, 0.1) is 10.1 Å².